The molecule has 0 saturated carbocycles. The van der Waals surface area contributed by atoms with Crippen molar-refractivity contribution in [1.82, 2.24) is 4.98 Å². The van der Waals surface area contributed by atoms with E-state index >= 15 is 0 Å². The van der Waals surface area contributed by atoms with Gasteiger partial charge in [-0.25, -0.2) is 0 Å². The molecular weight excluding hydrogens is 484 g/mol. The summed E-state index contributed by atoms with van der Waals surface area (Å²) in [5.41, 5.74) is 3.81. The summed E-state index contributed by atoms with van der Waals surface area (Å²) in [7, 11) is 0. The molecule has 34 heavy (non-hydrogen) atoms. The molecule has 0 spiro atoms. The lowest BCUT2D eigenvalue weighted by molar-refractivity contribution is -0.985. The largest absolute Gasteiger partial charge is 1.00 e. The van der Waals surface area contributed by atoms with E-state index in [1.54, 1.807) is 0 Å². The number of halogens is 1. The monoisotopic (exact) mass is 520 g/mol. The van der Waals surface area contributed by atoms with Crippen molar-refractivity contribution >= 4 is 10.9 Å². The zero-order chi connectivity index (χ0) is 22.7. The SMILES string of the molecule is C=C[C@H]1C[N+]2(Cc3ccccc3)CC[C@H]1C[C@@H]2[C@@H](OCCCC)c1ccnc2ccccc12.[Br-]. The van der Waals surface area contributed by atoms with E-state index in [2.05, 4.69) is 85.2 Å². The third kappa shape index (κ3) is 4.86. The molecule has 0 aliphatic carbocycles. The number of unbranched alkanes of at least 4 members (excludes halogenated alkanes) is 1. The summed E-state index contributed by atoms with van der Waals surface area (Å²) in [5.74, 6) is 1.32. The average Bonchev–Trinajstić information content (AvgIpc) is 2.87. The summed E-state index contributed by atoms with van der Waals surface area (Å²) in [4.78, 5) is 4.65. The fraction of sp³-hybridized carbons (Fsp3) is 0.433. The predicted molar refractivity (Wildman–Crippen MR) is 136 cm³/mol. The summed E-state index contributed by atoms with van der Waals surface area (Å²) in [6, 6.07) is 22.3. The maximum atomic E-state index is 6.83. The van der Waals surface area contributed by atoms with Crippen LogP contribution in [0.2, 0.25) is 0 Å². The topological polar surface area (TPSA) is 22.1 Å². The second-order valence-electron chi connectivity index (χ2n) is 10.1. The fourth-order valence-electron chi connectivity index (χ4n) is 6.44. The number of ether oxygens (including phenoxy) is 1. The van der Waals surface area contributed by atoms with E-state index < -0.39 is 0 Å². The van der Waals surface area contributed by atoms with Gasteiger partial charge in [-0.1, -0.05) is 68.0 Å². The standard InChI is InChI=1S/C30H37N2O.BrH/c1-3-5-19-33-30(27-15-17-31-28-14-10-9-13-26(27)28)29-20-25-16-18-32(29,22-24(25)4-2)21-23-11-7-6-8-12-23;/h4,6-15,17,24-25,29-30H,2-3,5,16,18-22H2,1H3;1H/q+1;/p-1/t24-,25-,29+,30-,32?;/m0./s1. The highest BCUT2D eigenvalue weighted by molar-refractivity contribution is 5.82. The molecule has 0 amide bonds. The number of benzene rings is 2. The second kappa shape index (κ2) is 11.2. The number of fused-ring (bicyclic) bond motifs is 4. The van der Waals surface area contributed by atoms with Crippen molar-refractivity contribution in [3.05, 3.63) is 90.6 Å². The van der Waals surface area contributed by atoms with Crippen molar-refractivity contribution < 1.29 is 26.2 Å². The molecule has 3 aliphatic heterocycles. The summed E-state index contributed by atoms with van der Waals surface area (Å²) in [6.07, 6.45) is 9.03. The van der Waals surface area contributed by atoms with Gasteiger partial charge in [0.1, 0.15) is 18.7 Å². The molecule has 4 heteroatoms. The Hall–Kier alpha value is -2.01. The first-order valence-corrected chi connectivity index (χ1v) is 12.7. The van der Waals surface area contributed by atoms with Crippen LogP contribution in [0.5, 0.6) is 0 Å². The van der Waals surface area contributed by atoms with Gasteiger partial charge >= 0.3 is 0 Å². The third-order valence-corrected chi connectivity index (χ3v) is 8.15. The van der Waals surface area contributed by atoms with E-state index in [4.69, 9.17) is 4.74 Å². The smallest absolute Gasteiger partial charge is 0.135 e. The fourth-order valence-corrected chi connectivity index (χ4v) is 6.44. The van der Waals surface area contributed by atoms with Crippen LogP contribution in [0.3, 0.4) is 0 Å². The summed E-state index contributed by atoms with van der Waals surface area (Å²) in [6.45, 7) is 10.7. The van der Waals surface area contributed by atoms with Gasteiger partial charge in [0.05, 0.1) is 18.6 Å². The summed E-state index contributed by atoms with van der Waals surface area (Å²) < 4.78 is 7.93. The molecule has 5 atom stereocenters. The molecule has 3 saturated heterocycles. The Morgan fingerprint density at radius 2 is 1.91 bits per heavy atom. The molecule has 2 aromatic carbocycles. The van der Waals surface area contributed by atoms with Crippen LogP contribution in [0.4, 0.5) is 0 Å². The summed E-state index contributed by atoms with van der Waals surface area (Å²) in [5, 5.41) is 1.24. The van der Waals surface area contributed by atoms with Gasteiger partial charge in [0.15, 0.2) is 0 Å². The number of rotatable bonds is 9. The van der Waals surface area contributed by atoms with Gasteiger partial charge < -0.3 is 26.2 Å². The minimum atomic E-state index is 0. The lowest BCUT2D eigenvalue weighted by Crippen LogP contribution is -3.00. The quantitative estimate of drug-likeness (QED) is 0.244. The van der Waals surface area contributed by atoms with Crippen molar-refractivity contribution in [2.24, 2.45) is 11.8 Å². The number of pyridine rings is 1. The second-order valence-corrected chi connectivity index (χ2v) is 10.1. The van der Waals surface area contributed by atoms with Gasteiger partial charge in [0.25, 0.3) is 0 Å². The maximum Gasteiger partial charge on any atom is 0.135 e. The highest BCUT2D eigenvalue weighted by atomic mass is 79.9. The minimum Gasteiger partial charge on any atom is -1.00 e. The van der Waals surface area contributed by atoms with Crippen molar-refractivity contribution in [2.45, 2.75) is 51.3 Å². The molecule has 1 unspecified atom stereocenters. The molecule has 3 aromatic rings. The maximum absolute atomic E-state index is 6.83. The third-order valence-electron chi connectivity index (χ3n) is 8.15. The molecule has 0 radical (unpaired) electrons. The number of aromatic nitrogens is 1. The first kappa shape index (κ1) is 25.1. The van der Waals surface area contributed by atoms with Crippen molar-refractivity contribution in [2.75, 3.05) is 19.7 Å². The Morgan fingerprint density at radius 1 is 1.12 bits per heavy atom. The van der Waals surface area contributed by atoms with Crippen LogP contribution in [-0.2, 0) is 11.3 Å². The Kier molecular flexibility index (Phi) is 8.23. The van der Waals surface area contributed by atoms with Crippen LogP contribution in [0, 0.1) is 11.8 Å². The number of quaternary nitrogens is 1. The molecule has 3 nitrogen and oxygen atoms in total. The van der Waals surface area contributed by atoms with E-state index in [0.29, 0.717) is 17.9 Å². The first-order valence-electron chi connectivity index (χ1n) is 12.7. The van der Waals surface area contributed by atoms with E-state index in [1.165, 1.54) is 42.4 Å². The van der Waals surface area contributed by atoms with E-state index in [-0.39, 0.29) is 23.1 Å². The molecule has 0 N–H and O–H groups in total. The molecule has 4 heterocycles. The number of hydrogen-bond donors (Lipinski definition) is 0. The van der Waals surface area contributed by atoms with Crippen molar-refractivity contribution in [3.8, 4) is 0 Å². The van der Waals surface area contributed by atoms with Gasteiger partial charge in [0.2, 0.25) is 0 Å². The summed E-state index contributed by atoms with van der Waals surface area (Å²) >= 11 is 0. The Labute approximate surface area is 215 Å². The molecule has 3 aliphatic rings. The van der Waals surface area contributed by atoms with Crippen LogP contribution in [0.25, 0.3) is 10.9 Å². The highest BCUT2D eigenvalue weighted by Gasteiger charge is 2.54. The average molecular weight is 522 g/mol. The molecular formula is C30H37BrN2O. The lowest BCUT2D eigenvalue weighted by Gasteiger charge is -2.58. The lowest BCUT2D eigenvalue weighted by atomic mass is 9.71. The van der Waals surface area contributed by atoms with Crippen LogP contribution in [-0.4, -0.2) is 35.2 Å². The minimum absolute atomic E-state index is 0. The van der Waals surface area contributed by atoms with E-state index in [0.717, 1.165) is 36.0 Å². The zero-order valence-corrected chi connectivity index (χ0v) is 21.9. The van der Waals surface area contributed by atoms with Crippen LogP contribution in [0.1, 0.15) is 49.8 Å². The number of para-hydroxylation sites is 1. The van der Waals surface area contributed by atoms with Gasteiger partial charge in [-0.15, -0.1) is 6.58 Å². The van der Waals surface area contributed by atoms with Crippen LogP contribution >= 0.6 is 0 Å². The van der Waals surface area contributed by atoms with Gasteiger partial charge in [-0.05, 0) is 30.0 Å². The molecule has 6 rings (SSSR count). The molecule has 180 valence electrons. The van der Waals surface area contributed by atoms with E-state index in [1.807, 2.05) is 6.20 Å². The Balaban J connectivity index is 0.00000274. The number of piperidine rings is 3. The highest BCUT2D eigenvalue weighted by Crippen LogP contribution is 2.49. The molecule has 2 bridgehead atoms. The normalized spacial score (nSPS) is 26.7. The first-order chi connectivity index (χ1) is 16.2. The Morgan fingerprint density at radius 3 is 2.71 bits per heavy atom. The number of hydrogen-bond acceptors (Lipinski definition) is 2. The van der Waals surface area contributed by atoms with Crippen molar-refractivity contribution in [1.29, 1.82) is 0 Å². The number of nitrogens with zero attached hydrogens (tertiary/aromatic N) is 2. The van der Waals surface area contributed by atoms with Crippen molar-refractivity contribution in [3.63, 3.8) is 0 Å². The Bertz CT molecular complexity index is 1080. The van der Waals surface area contributed by atoms with Gasteiger partial charge in [-0.3, -0.25) is 4.98 Å². The van der Waals surface area contributed by atoms with Gasteiger partial charge in [0, 0.05) is 42.5 Å². The van der Waals surface area contributed by atoms with Crippen LogP contribution in [0.15, 0.2) is 79.5 Å². The molecule has 1 aromatic heterocycles. The molecule has 3 fully saturated rings. The van der Waals surface area contributed by atoms with Crippen LogP contribution < -0.4 is 17.0 Å². The van der Waals surface area contributed by atoms with E-state index in [9.17, 15) is 0 Å². The zero-order valence-electron chi connectivity index (χ0n) is 20.3. The predicted octanol–water partition coefficient (Wildman–Crippen LogP) is 3.71. The van der Waals surface area contributed by atoms with Gasteiger partial charge in [-0.2, -0.15) is 0 Å².